The van der Waals surface area contributed by atoms with Crippen LogP contribution in [-0.4, -0.2) is 13.4 Å². The molecular formula is C10H14OS. The van der Waals surface area contributed by atoms with Crippen molar-refractivity contribution in [2.24, 2.45) is 0 Å². The number of benzene rings is 1. The van der Waals surface area contributed by atoms with E-state index in [1.54, 1.807) is 18.9 Å². The molecule has 1 aromatic rings. The summed E-state index contributed by atoms with van der Waals surface area (Å²) in [6.07, 6.45) is 2.27. The van der Waals surface area contributed by atoms with E-state index in [-0.39, 0.29) is 6.10 Å². The standard InChI is InChI=1S/C10H14OS/c1-8(11-2)9-4-6-10(12-3)7-5-9/h4-8H,1-3H3. The van der Waals surface area contributed by atoms with E-state index >= 15 is 0 Å². The molecule has 2 heteroatoms. The van der Waals surface area contributed by atoms with Crippen LogP contribution in [0.4, 0.5) is 0 Å². The number of thioether (sulfide) groups is 1. The van der Waals surface area contributed by atoms with Crippen molar-refractivity contribution in [3.8, 4) is 0 Å². The molecule has 0 aliphatic heterocycles. The number of hydrogen-bond donors (Lipinski definition) is 0. The van der Waals surface area contributed by atoms with Crippen molar-refractivity contribution in [2.75, 3.05) is 13.4 Å². The van der Waals surface area contributed by atoms with Crippen LogP contribution in [-0.2, 0) is 4.74 Å². The fourth-order valence-corrected chi connectivity index (χ4v) is 1.42. The van der Waals surface area contributed by atoms with Crippen LogP contribution in [0.2, 0.25) is 0 Å². The lowest BCUT2D eigenvalue weighted by molar-refractivity contribution is 0.119. The highest BCUT2D eigenvalue weighted by molar-refractivity contribution is 7.98. The SMILES string of the molecule is COC(C)c1ccc(SC)cc1. The zero-order chi connectivity index (χ0) is 8.97. The molecule has 0 spiro atoms. The molecule has 1 rings (SSSR count). The zero-order valence-corrected chi connectivity index (χ0v) is 8.52. The Morgan fingerprint density at radius 2 is 1.83 bits per heavy atom. The van der Waals surface area contributed by atoms with Crippen molar-refractivity contribution >= 4 is 11.8 Å². The van der Waals surface area contributed by atoms with E-state index in [0.717, 1.165) is 0 Å². The van der Waals surface area contributed by atoms with Crippen LogP contribution in [0, 0.1) is 0 Å². The molecule has 0 N–H and O–H groups in total. The minimum absolute atomic E-state index is 0.195. The van der Waals surface area contributed by atoms with Crippen molar-refractivity contribution in [3.05, 3.63) is 29.8 Å². The summed E-state index contributed by atoms with van der Waals surface area (Å²) in [7, 11) is 1.73. The van der Waals surface area contributed by atoms with Gasteiger partial charge in [-0.2, -0.15) is 0 Å². The Balaban J connectivity index is 2.77. The Morgan fingerprint density at radius 1 is 1.25 bits per heavy atom. The number of ether oxygens (including phenoxy) is 1. The molecule has 0 amide bonds. The first kappa shape index (κ1) is 9.62. The zero-order valence-electron chi connectivity index (χ0n) is 7.70. The van der Waals surface area contributed by atoms with Gasteiger partial charge in [0.25, 0.3) is 0 Å². The molecule has 0 heterocycles. The molecule has 66 valence electrons. The topological polar surface area (TPSA) is 9.23 Å². The van der Waals surface area contributed by atoms with Crippen molar-refractivity contribution in [1.29, 1.82) is 0 Å². The van der Waals surface area contributed by atoms with Gasteiger partial charge in [0.1, 0.15) is 0 Å². The van der Waals surface area contributed by atoms with Crippen LogP contribution in [0.5, 0.6) is 0 Å². The van der Waals surface area contributed by atoms with Crippen molar-refractivity contribution < 1.29 is 4.74 Å². The second-order valence-electron chi connectivity index (χ2n) is 2.65. The fraction of sp³-hybridized carbons (Fsp3) is 0.400. The first-order valence-corrected chi connectivity index (χ1v) is 5.17. The van der Waals surface area contributed by atoms with Gasteiger partial charge in [0.05, 0.1) is 6.10 Å². The van der Waals surface area contributed by atoms with Gasteiger partial charge in [0.15, 0.2) is 0 Å². The minimum Gasteiger partial charge on any atom is -0.377 e. The van der Waals surface area contributed by atoms with E-state index in [0.29, 0.717) is 0 Å². The molecule has 0 aromatic heterocycles. The molecule has 12 heavy (non-hydrogen) atoms. The maximum absolute atomic E-state index is 5.20. The summed E-state index contributed by atoms with van der Waals surface area (Å²) in [5.41, 5.74) is 1.23. The Morgan fingerprint density at radius 3 is 2.25 bits per heavy atom. The van der Waals surface area contributed by atoms with Gasteiger partial charge < -0.3 is 4.74 Å². The molecule has 0 bridgehead atoms. The van der Waals surface area contributed by atoms with Gasteiger partial charge >= 0.3 is 0 Å². The summed E-state index contributed by atoms with van der Waals surface area (Å²) in [4.78, 5) is 1.29. The van der Waals surface area contributed by atoms with E-state index < -0.39 is 0 Å². The summed E-state index contributed by atoms with van der Waals surface area (Å²) in [6.45, 7) is 2.05. The fourth-order valence-electron chi connectivity index (χ4n) is 1.01. The number of methoxy groups -OCH3 is 1. The molecule has 1 unspecified atom stereocenters. The van der Waals surface area contributed by atoms with E-state index in [1.165, 1.54) is 10.5 Å². The van der Waals surface area contributed by atoms with E-state index in [9.17, 15) is 0 Å². The third-order valence-electron chi connectivity index (χ3n) is 1.94. The monoisotopic (exact) mass is 182 g/mol. The summed E-state index contributed by atoms with van der Waals surface area (Å²) >= 11 is 1.76. The Hall–Kier alpha value is -0.470. The molecule has 1 nitrogen and oxygen atoms in total. The van der Waals surface area contributed by atoms with Gasteiger partial charge in [-0.05, 0) is 30.9 Å². The van der Waals surface area contributed by atoms with Crippen LogP contribution >= 0.6 is 11.8 Å². The molecular weight excluding hydrogens is 168 g/mol. The predicted octanol–water partition coefficient (Wildman–Crippen LogP) is 3.12. The molecule has 0 aliphatic carbocycles. The second kappa shape index (κ2) is 4.53. The van der Waals surface area contributed by atoms with Gasteiger partial charge in [-0.1, -0.05) is 12.1 Å². The van der Waals surface area contributed by atoms with Gasteiger partial charge in [-0.25, -0.2) is 0 Å². The number of rotatable bonds is 3. The molecule has 1 atom stereocenters. The first-order chi connectivity index (χ1) is 5.77. The highest BCUT2D eigenvalue weighted by atomic mass is 32.2. The van der Waals surface area contributed by atoms with Crippen LogP contribution in [0.1, 0.15) is 18.6 Å². The lowest BCUT2D eigenvalue weighted by Gasteiger charge is -2.09. The maximum Gasteiger partial charge on any atom is 0.0793 e. The average Bonchev–Trinajstić information content (AvgIpc) is 2.17. The molecule has 0 saturated carbocycles. The number of hydrogen-bond acceptors (Lipinski definition) is 2. The molecule has 1 aromatic carbocycles. The third-order valence-corrected chi connectivity index (χ3v) is 2.68. The largest absolute Gasteiger partial charge is 0.377 e. The summed E-state index contributed by atoms with van der Waals surface area (Å²) in [5.74, 6) is 0. The molecule has 0 saturated heterocycles. The molecule has 0 radical (unpaired) electrons. The molecule has 0 fully saturated rings. The summed E-state index contributed by atoms with van der Waals surface area (Å²) in [5, 5.41) is 0. The predicted molar refractivity (Wildman–Crippen MR) is 53.6 cm³/mol. The second-order valence-corrected chi connectivity index (χ2v) is 3.53. The normalized spacial score (nSPS) is 12.9. The van der Waals surface area contributed by atoms with Gasteiger partial charge in [0, 0.05) is 12.0 Å². The highest BCUT2D eigenvalue weighted by Crippen LogP contribution is 2.20. The van der Waals surface area contributed by atoms with Crippen LogP contribution in [0.15, 0.2) is 29.2 Å². The van der Waals surface area contributed by atoms with E-state index in [2.05, 4.69) is 30.5 Å². The quantitative estimate of drug-likeness (QED) is 0.664. The Bertz CT molecular complexity index is 230. The Labute approximate surface area is 78.1 Å². The van der Waals surface area contributed by atoms with Crippen LogP contribution in [0.3, 0.4) is 0 Å². The van der Waals surface area contributed by atoms with Gasteiger partial charge in [0.2, 0.25) is 0 Å². The van der Waals surface area contributed by atoms with E-state index in [4.69, 9.17) is 4.74 Å². The van der Waals surface area contributed by atoms with Gasteiger partial charge in [-0.3, -0.25) is 0 Å². The summed E-state index contributed by atoms with van der Waals surface area (Å²) in [6, 6.07) is 8.46. The van der Waals surface area contributed by atoms with Crippen molar-refractivity contribution in [1.82, 2.24) is 0 Å². The highest BCUT2D eigenvalue weighted by Gasteiger charge is 2.01. The smallest absolute Gasteiger partial charge is 0.0793 e. The lowest BCUT2D eigenvalue weighted by atomic mass is 10.1. The Kier molecular flexibility index (Phi) is 3.63. The maximum atomic E-state index is 5.20. The van der Waals surface area contributed by atoms with Crippen LogP contribution in [0.25, 0.3) is 0 Å². The van der Waals surface area contributed by atoms with Crippen LogP contribution < -0.4 is 0 Å². The van der Waals surface area contributed by atoms with Crippen molar-refractivity contribution in [3.63, 3.8) is 0 Å². The average molecular weight is 182 g/mol. The minimum atomic E-state index is 0.195. The lowest BCUT2D eigenvalue weighted by Crippen LogP contribution is -1.94. The van der Waals surface area contributed by atoms with E-state index in [1.807, 2.05) is 6.92 Å². The third kappa shape index (κ3) is 2.26. The molecule has 0 aliphatic rings. The summed E-state index contributed by atoms with van der Waals surface area (Å²) < 4.78 is 5.20. The van der Waals surface area contributed by atoms with Crippen molar-refractivity contribution in [2.45, 2.75) is 17.9 Å². The van der Waals surface area contributed by atoms with Gasteiger partial charge in [-0.15, -0.1) is 11.8 Å². The first-order valence-electron chi connectivity index (χ1n) is 3.94.